The molecule has 0 bridgehead atoms. The molecule has 2 aromatic rings. The number of halogens is 2. The van der Waals surface area contributed by atoms with E-state index in [9.17, 15) is 12.8 Å². The van der Waals surface area contributed by atoms with Gasteiger partial charge < -0.3 is 5.73 Å². The summed E-state index contributed by atoms with van der Waals surface area (Å²) in [7, 11) is -4.12. The number of nitrogens with one attached hydrogen (secondary N) is 1. The third-order valence-electron chi connectivity index (χ3n) is 2.61. The first-order valence-corrected chi connectivity index (χ1v) is 7.47. The van der Waals surface area contributed by atoms with Gasteiger partial charge in [0.25, 0.3) is 10.0 Å². The van der Waals surface area contributed by atoms with E-state index in [1.807, 2.05) is 0 Å². The minimum atomic E-state index is -4.12. The van der Waals surface area contributed by atoms with Gasteiger partial charge in [-0.05, 0) is 30.3 Å². The van der Waals surface area contributed by atoms with E-state index < -0.39 is 15.8 Å². The van der Waals surface area contributed by atoms with Crippen LogP contribution in [0.3, 0.4) is 0 Å². The first-order chi connectivity index (χ1) is 9.83. The van der Waals surface area contributed by atoms with Gasteiger partial charge in [0.2, 0.25) is 0 Å². The van der Waals surface area contributed by atoms with Gasteiger partial charge in [-0.1, -0.05) is 11.6 Å². The molecule has 2 aromatic carbocycles. The molecule has 0 aromatic heterocycles. The van der Waals surface area contributed by atoms with E-state index in [1.54, 1.807) is 6.07 Å². The largest absolute Gasteiger partial charge is 0.397 e. The smallest absolute Gasteiger partial charge is 0.263 e. The highest BCUT2D eigenvalue weighted by Gasteiger charge is 2.20. The Labute approximate surface area is 125 Å². The Balaban J connectivity index is 2.51. The molecule has 108 valence electrons. The number of nitriles is 1. The normalized spacial score (nSPS) is 10.9. The van der Waals surface area contributed by atoms with Gasteiger partial charge in [0.05, 0.1) is 16.9 Å². The fraction of sp³-hybridized carbons (Fsp3) is 0. The molecule has 0 aliphatic rings. The molecule has 0 aliphatic carbocycles. The van der Waals surface area contributed by atoms with Crippen LogP contribution < -0.4 is 10.5 Å². The van der Waals surface area contributed by atoms with E-state index in [1.165, 1.54) is 18.2 Å². The van der Waals surface area contributed by atoms with E-state index >= 15 is 0 Å². The molecule has 0 unspecified atom stereocenters. The lowest BCUT2D eigenvalue weighted by Crippen LogP contribution is -2.15. The van der Waals surface area contributed by atoms with Gasteiger partial charge in [-0.25, -0.2) is 12.8 Å². The van der Waals surface area contributed by atoms with Crippen LogP contribution in [0.1, 0.15) is 5.56 Å². The van der Waals surface area contributed by atoms with Crippen LogP contribution in [0.15, 0.2) is 41.3 Å². The third kappa shape index (κ3) is 3.24. The minimum Gasteiger partial charge on any atom is -0.397 e. The monoisotopic (exact) mass is 325 g/mol. The molecule has 8 heteroatoms. The van der Waals surface area contributed by atoms with Crippen LogP contribution in [0.4, 0.5) is 15.8 Å². The van der Waals surface area contributed by atoms with Crippen LogP contribution in [-0.4, -0.2) is 8.42 Å². The lowest BCUT2D eigenvalue weighted by molar-refractivity contribution is 0.601. The zero-order chi connectivity index (χ0) is 15.6. The molecular weight excluding hydrogens is 317 g/mol. The number of benzene rings is 2. The number of rotatable bonds is 3. The van der Waals surface area contributed by atoms with E-state index in [2.05, 4.69) is 4.72 Å². The molecule has 5 nitrogen and oxygen atoms in total. The summed E-state index contributed by atoms with van der Waals surface area (Å²) in [5, 5.41) is 9.12. The van der Waals surface area contributed by atoms with Gasteiger partial charge in [0.1, 0.15) is 16.8 Å². The van der Waals surface area contributed by atoms with Gasteiger partial charge in [-0.2, -0.15) is 5.26 Å². The molecular formula is C13H9ClFN3O2S. The van der Waals surface area contributed by atoms with E-state index in [0.29, 0.717) is 0 Å². The summed E-state index contributed by atoms with van der Waals surface area (Å²) in [5.41, 5.74) is 5.45. The number of sulfonamides is 1. The summed E-state index contributed by atoms with van der Waals surface area (Å²) in [4.78, 5) is -0.304. The predicted molar refractivity (Wildman–Crippen MR) is 77.8 cm³/mol. The average molecular weight is 326 g/mol. The summed E-state index contributed by atoms with van der Waals surface area (Å²) >= 11 is 5.75. The maximum Gasteiger partial charge on any atom is 0.263 e. The quantitative estimate of drug-likeness (QED) is 0.848. The van der Waals surface area contributed by atoms with Gasteiger partial charge in [-0.15, -0.1) is 0 Å². The summed E-state index contributed by atoms with van der Waals surface area (Å²) in [6, 6.07) is 8.86. The van der Waals surface area contributed by atoms with Gasteiger partial charge >= 0.3 is 0 Å². The second kappa shape index (κ2) is 5.60. The molecule has 0 heterocycles. The Hall–Kier alpha value is -2.30. The van der Waals surface area contributed by atoms with E-state index in [0.717, 1.165) is 18.2 Å². The van der Waals surface area contributed by atoms with Crippen molar-refractivity contribution in [2.45, 2.75) is 4.90 Å². The third-order valence-corrected chi connectivity index (χ3v) is 4.25. The van der Waals surface area contributed by atoms with Crippen molar-refractivity contribution in [3.8, 4) is 6.07 Å². The molecule has 0 amide bonds. The summed E-state index contributed by atoms with van der Waals surface area (Å²) in [5.74, 6) is -0.645. The Morgan fingerprint density at radius 3 is 2.62 bits per heavy atom. The van der Waals surface area contributed by atoms with E-state index in [4.69, 9.17) is 22.6 Å². The van der Waals surface area contributed by atoms with Crippen molar-refractivity contribution < 1.29 is 12.8 Å². The van der Waals surface area contributed by atoms with Crippen molar-refractivity contribution in [3.63, 3.8) is 0 Å². The van der Waals surface area contributed by atoms with Crippen molar-refractivity contribution in [1.29, 1.82) is 5.26 Å². The van der Waals surface area contributed by atoms with E-state index in [-0.39, 0.29) is 26.9 Å². The number of nitrogens with zero attached hydrogens (tertiary/aromatic N) is 1. The van der Waals surface area contributed by atoms with Gasteiger partial charge in [-0.3, -0.25) is 4.72 Å². The SMILES string of the molecule is N#Cc1ccc(Cl)cc1S(=O)(=O)Nc1cc(F)ccc1N. The first-order valence-electron chi connectivity index (χ1n) is 5.61. The molecule has 0 spiro atoms. The van der Waals surface area contributed by atoms with Crippen LogP contribution in [0.2, 0.25) is 5.02 Å². The predicted octanol–water partition coefficient (Wildman–Crippen LogP) is 2.73. The fourth-order valence-corrected chi connectivity index (χ4v) is 3.13. The minimum absolute atomic E-state index is 0.0560. The number of hydrogen-bond acceptors (Lipinski definition) is 4. The van der Waals surface area contributed by atoms with Crippen LogP contribution in [-0.2, 0) is 10.0 Å². The van der Waals surface area contributed by atoms with Crippen LogP contribution >= 0.6 is 11.6 Å². The van der Waals surface area contributed by atoms with Crippen molar-refractivity contribution in [1.82, 2.24) is 0 Å². The highest BCUT2D eigenvalue weighted by molar-refractivity contribution is 7.92. The molecule has 0 aliphatic heterocycles. The molecule has 0 atom stereocenters. The molecule has 0 radical (unpaired) electrons. The van der Waals surface area contributed by atoms with Gasteiger partial charge in [0, 0.05) is 11.1 Å². The Morgan fingerprint density at radius 1 is 1.24 bits per heavy atom. The van der Waals surface area contributed by atoms with Gasteiger partial charge in [0.15, 0.2) is 0 Å². The van der Waals surface area contributed by atoms with Crippen molar-refractivity contribution in [2.75, 3.05) is 10.5 Å². The van der Waals surface area contributed by atoms with Crippen molar-refractivity contribution >= 4 is 33.0 Å². The standard InChI is InChI=1S/C13H9ClFN3O2S/c14-9-2-1-8(7-16)13(5-9)21(19,20)18-12-6-10(15)3-4-11(12)17/h1-6,18H,17H2. The average Bonchev–Trinajstić information content (AvgIpc) is 2.42. The van der Waals surface area contributed by atoms with Crippen LogP contribution in [0.25, 0.3) is 0 Å². The maximum absolute atomic E-state index is 13.2. The summed E-state index contributed by atoms with van der Waals surface area (Å²) in [6.45, 7) is 0. The number of nitrogen functional groups attached to an aromatic ring is 1. The first kappa shape index (κ1) is 15.1. The number of anilines is 2. The topological polar surface area (TPSA) is 96.0 Å². The molecule has 0 saturated carbocycles. The summed E-state index contributed by atoms with van der Waals surface area (Å²) < 4.78 is 39.9. The lowest BCUT2D eigenvalue weighted by atomic mass is 10.2. The molecule has 21 heavy (non-hydrogen) atoms. The second-order valence-corrected chi connectivity index (χ2v) is 6.18. The fourth-order valence-electron chi connectivity index (χ4n) is 1.63. The summed E-state index contributed by atoms with van der Waals surface area (Å²) in [6.07, 6.45) is 0. The molecule has 2 rings (SSSR count). The van der Waals surface area contributed by atoms with Crippen LogP contribution in [0, 0.1) is 17.1 Å². The zero-order valence-corrected chi connectivity index (χ0v) is 12.0. The molecule has 3 N–H and O–H groups in total. The van der Waals surface area contributed by atoms with Crippen molar-refractivity contribution in [3.05, 3.63) is 52.8 Å². The Kier molecular flexibility index (Phi) is 4.02. The highest BCUT2D eigenvalue weighted by Crippen LogP contribution is 2.26. The maximum atomic E-state index is 13.2. The van der Waals surface area contributed by atoms with Crippen molar-refractivity contribution in [2.24, 2.45) is 0 Å². The number of hydrogen-bond donors (Lipinski definition) is 2. The second-order valence-electron chi connectivity index (χ2n) is 4.09. The molecule has 0 fully saturated rings. The highest BCUT2D eigenvalue weighted by atomic mass is 35.5. The Morgan fingerprint density at radius 2 is 1.95 bits per heavy atom. The number of nitrogens with two attached hydrogens (primary N) is 1. The Bertz CT molecular complexity index is 847. The van der Waals surface area contributed by atoms with Crippen LogP contribution in [0.5, 0.6) is 0 Å². The lowest BCUT2D eigenvalue weighted by Gasteiger charge is -2.11. The molecule has 0 saturated heterocycles. The zero-order valence-electron chi connectivity index (χ0n) is 10.5.